The molecule has 0 unspecified atom stereocenters. The third-order valence-corrected chi connectivity index (χ3v) is 4.76. The molecule has 4 N–H and O–H groups in total. The summed E-state index contributed by atoms with van der Waals surface area (Å²) in [6.07, 6.45) is 3.83. The number of amides is 1. The maximum absolute atomic E-state index is 11.6. The minimum absolute atomic E-state index is 0.0498. The van der Waals surface area contributed by atoms with Crippen molar-refractivity contribution >= 4 is 51.5 Å². The topological polar surface area (TPSA) is 127 Å². The zero-order chi connectivity index (χ0) is 22.5. The second-order valence-electron chi connectivity index (χ2n) is 6.53. The maximum atomic E-state index is 11.6. The highest BCUT2D eigenvalue weighted by molar-refractivity contribution is 6.44. The van der Waals surface area contributed by atoms with E-state index in [1.165, 1.54) is 18.2 Å². The SMILES string of the molecule is C=C(NC(=O)C(=N)C#N)Nc1cc(Cl)c(Oc2ccc3[nH]cc(CCC)c3n2)c(Cl)c1. The number of benzene rings is 1. The van der Waals surface area contributed by atoms with Crippen LogP contribution in [0.5, 0.6) is 11.6 Å². The van der Waals surface area contributed by atoms with E-state index < -0.39 is 11.6 Å². The summed E-state index contributed by atoms with van der Waals surface area (Å²) in [5.41, 5.74) is 2.54. The number of ether oxygens (including phenoxy) is 1. The Bertz CT molecular complexity index is 1210. The highest BCUT2D eigenvalue weighted by atomic mass is 35.5. The van der Waals surface area contributed by atoms with Gasteiger partial charge in [0, 0.05) is 18.0 Å². The number of aromatic amines is 1. The van der Waals surface area contributed by atoms with Gasteiger partial charge in [0.05, 0.1) is 21.1 Å². The fourth-order valence-electron chi connectivity index (χ4n) is 2.84. The molecule has 0 aliphatic carbocycles. The number of nitriles is 1. The molecule has 0 atom stereocenters. The van der Waals surface area contributed by atoms with Crippen LogP contribution < -0.4 is 15.4 Å². The number of rotatable bonds is 8. The van der Waals surface area contributed by atoms with E-state index in [1.54, 1.807) is 6.07 Å². The van der Waals surface area contributed by atoms with Crippen LogP contribution >= 0.6 is 23.2 Å². The highest BCUT2D eigenvalue weighted by Gasteiger charge is 2.15. The fraction of sp³-hybridized carbons (Fsp3) is 0.143. The van der Waals surface area contributed by atoms with Gasteiger partial charge in [-0.15, -0.1) is 0 Å². The van der Waals surface area contributed by atoms with E-state index in [2.05, 4.69) is 34.1 Å². The molecule has 10 heteroatoms. The van der Waals surface area contributed by atoms with Crippen LogP contribution in [0, 0.1) is 16.7 Å². The van der Waals surface area contributed by atoms with Crippen LogP contribution in [0.4, 0.5) is 5.69 Å². The summed E-state index contributed by atoms with van der Waals surface area (Å²) >= 11 is 12.7. The number of aromatic nitrogens is 2. The fourth-order valence-corrected chi connectivity index (χ4v) is 3.41. The lowest BCUT2D eigenvalue weighted by Crippen LogP contribution is -2.31. The van der Waals surface area contributed by atoms with Gasteiger partial charge in [-0.05, 0) is 30.2 Å². The predicted molar refractivity (Wildman–Crippen MR) is 121 cm³/mol. The van der Waals surface area contributed by atoms with Crippen LogP contribution in [0.3, 0.4) is 0 Å². The van der Waals surface area contributed by atoms with Crippen molar-refractivity contribution < 1.29 is 9.53 Å². The number of aryl methyl sites for hydroxylation is 1. The first-order valence-electron chi connectivity index (χ1n) is 9.22. The smallest absolute Gasteiger partial charge is 0.285 e. The molecule has 1 aromatic carbocycles. The average molecular weight is 457 g/mol. The number of hydrogen-bond acceptors (Lipinski definition) is 6. The maximum Gasteiger partial charge on any atom is 0.285 e. The summed E-state index contributed by atoms with van der Waals surface area (Å²) in [5.74, 6) is -0.255. The van der Waals surface area contributed by atoms with E-state index in [-0.39, 0.29) is 21.6 Å². The Morgan fingerprint density at radius 3 is 2.71 bits per heavy atom. The van der Waals surface area contributed by atoms with Gasteiger partial charge < -0.3 is 20.4 Å². The molecular formula is C21H18Cl2N6O2. The number of hydrogen-bond donors (Lipinski definition) is 4. The van der Waals surface area contributed by atoms with Crippen molar-refractivity contribution in [1.29, 1.82) is 10.7 Å². The third-order valence-electron chi connectivity index (χ3n) is 4.20. The van der Waals surface area contributed by atoms with E-state index in [0.29, 0.717) is 11.6 Å². The van der Waals surface area contributed by atoms with Gasteiger partial charge in [-0.1, -0.05) is 43.1 Å². The van der Waals surface area contributed by atoms with Gasteiger partial charge >= 0.3 is 0 Å². The van der Waals surface area contributed by atoms with E-state index >= 15 is 0 Å². The standard InChI is InChI=1S/C21H18Cl2N6O2/c1-3-4-12-10-26-17-5-6-18(29-19(12)17)31-20-14(22)7-13(8-15(20)23)27-11(2)28-21(30)16(25)9-24/h5-8,10,25-27H,2-4H2,1H3,(H,28,30). The minimum atomic E-state index is -0.884. The van der Waals surface area contributed by atoms with Crippen molar-refractivity contribution in [3.8, 4) is 17.7 Å². The zero-order valence-electron chi connectivity index (χ0n) is 16.5. The molecule has 1 amide bonds. The van der Waals surface area contributed by atoms with Gasteiger partial charge in [0.15, 0.2) is 11.5 Å². The summed E-state index contributed by atoms with van der Waals surface area (Å²) in [4.78, 5) is 19.3. The molecule has 158 valence electrons. The molecule has 0 radical (unpaired) electrons. The quantitative estimate of drug-likeness (QED) is 0.348. The molecule has 0 spiro atoms. The summed E-state index contributed by atoms with van der Waals surface area (Å²) in [7, 11) is 0. The molecule has 3 rings (SSSR count). The Balaban J connectivity index is 1.78. The van der Waals surface area contributed by atoms with Crippen LogP contribution in [0.1, 0.15) is 18.9 Å². The number of nitrogens with zero attached hydrogens (tertiary/aromatic N) is 2. The minimum Gasteiger partial charge on any atom is -0.436 e. The van der Waals surface area contributed by atoms with Gasteiger partial charge in [-0.3, -0.25) is 10.2 Å². The van der Waals surface area contributed by atoms with E-state index in [9.17, 15) is 4.79 Å². The van der Waals surface area contributed by atoms with Crippen molar-refractivity contribution in [2.24, 2.45) is 0 Å². The van der Waals surface area contributed by atoms with E-state index in [4.69, 9.17) is 38.6 Å². The number of anilines is 1. The van der Waals surface area contributed by atoms with Crippen LogP contribution in [0.2, 0.25) is 10.0 Å². The Labute approximate surface area is 188 Å². The highest BCUT2D eigenvalue weighted by Crippen LogP contribution is 2.39. The Hall–Kier alpha value is -3.54. The largest absolute Gasteiger partial charge is 0.436 e. The molecule has 0 saturated heterocycles. The van der Waals surface area contributed by atoms with Gasteiger partial charge in [-0.2, -0.15) is 5.26 Å². The Kier molecular flexibility index (Phi) is 6.80. The lowest BCUT2D eigenvalue weighted by molar-refractivity contribution is -0.114. The van der Waals surface area contributed by atoms with Crippen LogP contribution in [0.25, 0.3) is 11.0 Å². The normalized spacial score (nSPS) is 10.4. The van der Waals surface area contributed by atoms with Crippen LogP contribution in [-0.4, -0.2) is 21.6 Å². The number of H-pyrrole nitrogens is 1. The number of carbonyl (C=O) groups excluding carboxylic acids is 1. The summed E-state index contributed by atoms with van der Waals surface area (Å²) in [5, 5.41) is 21.3. The molecular weight excluding hydrogens is 439 g/mol. The lowest BCUT2D eigenvalue weighted by Gasteiger charge is -2.14. The van der Waals surface area contributed by atoms with Gasteiger partial charge in [0.1, 0.15) is 11.9 Å². The molecule has 2 heterocycles. The van der Waals surface area contributed by atoms with Crippen molar-refractivity contribution in [2.75, 3.05) is 5.32 Å². The average Bonchev–Trinajstić information content (AvgIpc) is 3.12. The number of fused-ring (bicyclic) bond motifs is 1. The van der Waals surface area contributed by atoms with E-state index in [1.807, 2.05) is 12.3 Å². The molecule has 0 fully saturated rings. The lowest BCUT2D eigenvalue weighted by atomic mass is 10.2. The van der Waals surface area contributed by atoms with Crippen molar-refractivity contribution in [3.05, 3.63) is 58.5 Å². The molecule has 2 aromatic heterocycles. The number of pyridine rings is 1. The van der Waals surface area contributed by atoms with Crippen molar-refractivity contribution in [2.45, 2.75) is 19.8 Å². The first-order chi connectivity index (χ1) is 14.8. The summed E-state index contributed by atoms with van der Waals surface area (Å²) < 4.78 is 5.85. The zero-order valence-corrected chi connectivity index (χ0v) is 18.0. The second-order valence-corrected chi connectivity index (χ2v) is 7.34. The first-order valence-corrected chi connectivity index (χ1v) is 9.97. The Morgan fingerprint density at radius 1 is 1.35 bits per heavy atom. The molecule has 0 bridgehead atoms. The predicted octanol–water partition coefficient (Wildman–Crippen LogP) is 5.16. The summed E-state index contributed by atoms with van der Waals surface area (Å²) in [6, 6.07) is 8.10. The van der Waals surface area contributed by atoms with Gasteiger partial charge in [-0.25, -0.2) is 4.98 Å². The van der Waals surface area contributed by atoms with Crippen molar-refractivity contribution in [3.63, 3.8) is 0 Å². The molecule has 0 aliphatic rings. The number of nitrogens with one attached hydrogen (secondary N) is 4. The molecule has 3 aromatic rings. The third kappa shape index (κ3) is 5.15. The second kappa shape index (κ2) is 9.51. The van der Waals surface area contributed by atoms with Crippen LogP contribution in [0.15, 0.2) is 42.9 Å². The van der Waals surface area contributed by atoms with E-state index in [0.717, 1.165) is 29.4 Å². The summed E-state index contributed by atoms with van der Waals surface area (Å²) in [6.45, 7) is 5.72. The number of halogens is 2. The first kappa shape index (κ1) is 22.2. The number of carbonyl (C=O) groups is 1. The Morgan fingerprint density at radius 2 is 2.06 bits per heavy atom. The van der Waals surface area contributed by atoms with Crippen LogP contribution in [-0.2, 0) is 11.2 Å². The molecule has 0 aliphatic heterocycles. The molecule has 8 nitrogen and oxygen atoms in total. The van der Waals surface area contributed by atoms with Gasteiger partial charge in [0.2, 0.25) is 5.88 Å². The van der Waals surface area contributed by atoms with Crippen molar-refractivity contribution in [1.82, 2.24) is 15.3 Å². The van der Waals surface area contributed by atoms with Gasteiger partial charge in [0.25, 0.3) is 5.91 Å². The molecule has 0 saturated carbocycles. The monoisotopic (exact) mass is 456 g/mol. The molecule has 31 heavy (non-hydrogen) atoms.